The van der Waals surface area contributed by atoms with Crippen molar-refractivity contribution in [1.29, 1.82) is 0 Å². The predicted octanol–water partition coefficient (Wildman–Crippen LogP) is 4.66. The van der Waals surface area contributed by atoms with Crippen LogP contribution in [0.3, 0.4) is 0 Å². The number of oxazole rings is 1. The summed E-state index contributed by atoms with van der Waals surface area (Å²) in [6.45, 7) is 8.88. The summed E-state index contributed by atoms with van der Waals surface area (Å²) in [6.07, 6.45) is 0. The molecule has 2 aromatic carbocycles. The number of nitrogens with zero attached hydrogens (tertiary/aromatic N) is 3. The minimum atomic E-state index is -3.95. The number of rotatable bonds is 11. The van der Waals surface area contributed by atoms with Gasteiger partial charge in [-0.25, -0.2) is 4.98 Å². The highest BCUT2D eigenvalue weighted by atomic mass is 32.2. The van der Waals surface area contributed by atoms with Crippen LogP contribution in [0.5, 0.6) is 5.75 Å². The summed E-state index contributed by atoms with van der Waals surface area (Å²) in [5.41, 5.74) is 3.37. The second-order valence-electron chi connectivity index (χ2n) is 9.16. The van der Waals surface area contributed by atoms with Gasteiger partial charge in [0.15, 0.2) is 0 Å². The first-order chi connectivity index (χ1) is 17.4. The van der Waals surface area contributed by atoms with Gasteiger partial charge in [-0.15, -0.1) is 0 Å². The van der Waals surface area contributed by atoms with E-state index in [9.17, 15) is 13.2 Å². The molecule has 0 saturated heterocycles. The van der Waals surface area contributed by atoms with Gasteiger partial charge in [0.25, 0.3) is 10.2 Å². The Hall–Kier alpha value is -3.21. The van der Waals surface area contributed by atoms with Crippen molar-refractivity contribution in [3.63, 3.8) is 0 Å². The third-order valence-electron chi connectivity index (χ3n) is 6.24. The number of carbonyl (C=O) groups excluding carboxylic acids is 1. The topological polar surface area (TPSA) is 102 Å². The van der Waals surface area contributed by atoms with E-state index in [2.05, 4.69) is 4.98 Å². The zero-order valence-electron chi connectivity index (χ0n) is 22.4. The Balaban J connectivity index is 1.81. The Morgan fingerprint density at radius 2 is 1.76 bits per heavy atom. The van der Waals surface area contributed by atoms with Crippen molar-refractivity contribution in [3.8, 4) is 17.2 Å². The van der Waals surface area contributed by atoms with E-state index in [0.29, 0.717) is 28.7 Å². The lowest BCUT2D eigenvalue weighted by Gasteiger charge is -2.33. The third-order valence-corrected chi connectivity index (χ3v) is 8.43. The number of methoxy groups -OCH3 is 1. The quantitative estimate of drug-likeness (QED) is 0.333. The van der Waals surface area contributed by atoms with E-state index in [0.717, 1.165) is 15.4 Å². The van der Waals surface area contributed by atoms with Gasteiger partial charge < -0.3 is 13.9 Å². The fraction of sp³-hybridized carbons (Fsp3) is 0.407. The monoisotopic (exact) mass is 529 g/mol. The van der Waals surface area contributed by atoms with Gasteiger partial charge in [0.1, 0.15) is 30.4 Å². The normalized spacial score (nSPS) is 12.8. The maximum absolute atomic E-state index is 13.3. The number of hydrogen-bond acceptors (Lipinski definition) is 7. The van der Waals surface area contributed by atoms with Gasteiger partial charge in [0, 0.05) is 24.7 Å². The predicted molar refractivity (Wildman–Crippen MR) is 141 cm³/mol. The van der Waals surface area contributed by atoms with Gasteiger partial charge in [-0.2, -0.15) is 17.0 Å². The lowest BCUT2D eigenvalue weighted by molar-refractivity contribution is -0.141. The highest BCUT2D eigenvalue weighted by Gasteiger charge is 2.35. The van der Waals surface area contributed by atoms with Gasteiger partial charge in [-0.3, -0.25) is 4.79 Å². The van der Waals surface area contributed by atoms with Crippen LogP contribution in [0.4, 0.5) is 0 Å². The standard InChI is InChI=1S/C27H35N3O6S/c1-18(2)29(6)37(32,33)30(16-26(31)34-7)20(4)23-9-8-10-24(15-23)35-17-25-21(5)36-27(28-25)22-13-11-19(3)12-14-22/h8-15,18,20H,16-17H2,1-7H3. The average Bonchev–Trinajstić information content (AvgIpc) is 3.25. The highest BCUT2D eigenvalue weighted by Crippen LogP contribution is 2.29. The molecular formula is C27H35N3O6S. The zero-order chi connectivity index (χ0) is 27.3. The Bertz CT molecular complexity index is 1320. The number of hydrogen-bond donors (Lipinski definition) is 0. The molecule has 3 rings (SSSR count). The molecule has 0 spiro atoms. The zero-order valence-corrected chi connectivity index (χ0v) is 23.2. The Kier molecular flexibility index (Phi) is 9.12. The summed E-state index contributed by atoms with van der Waals surface area (Å²) in [6, 6.07) is 14.1. The number of esters is 1. The molecular weight excluding hydrogens is 494 g/mol. The largest absolute Gasteiger partial charge is 0.487 e. The smallest absolute Gasteiger partial charge is 0.321 e. The van der Waals surface area contributed by atoms with Gasteiger partial charge in [-0.05, 0) is 64.4 Å². The maximum atomic E-state index is 13.3. The van der Waals surface area contributed by atoms with Crippen LogP contribution < -0.4 is 4.74 Å². The molecule has 37 heavy (non-hydrogen) atoms. The summed E-state index contributed by atoms with van der Waals surface area (Å²) in [7, 11) is -1.23. The fourth-order valence-electron chi connectivity index (χ4n) is 3.61. The Labute approximate surface area is 219 Å². The average molecular weight is 530 g/mol. The van der Waals surface area contributed by atoms with Gasteiger partial charge in [0.2, 0.25) is 5.89 Å². The van der Waals surface area contributed by atoms with E-state index < -0.39 is 28.8 Å². The molecule has 0 fully saturated rings. The molecule has 0 N–H and O–H groups in total. The lowest BCUT2D eigenvalue weighted by atomic mass is 10.1. The second kappa shape index (κ2) is 11.9. The van der Waals surface area contributed by atoms with Crippen LogP contribution in [-0.2, 0) is 26.3 Å². The van der Waals surface area contributed by atoms with E-state index in [4.69, 9.17) is 13.9 Å². The molecule has 1 atom stereocenters. The maximum Gasteiger partial charge on any atom is 0.321 e. The molecule has 0 aliphatic carbocycles. The minimum absolute atomic E-state index is 0.180. The second-order valence-corrected chi connectivity index (χ2v) is 11.1. The molecule has 1 aromatic heterocycles. The lowest BCUT2D eigenvalue weighted by Crippen LogP contribution is -2.47. The molecule has 0 bridgehead atoms. The van der Waals surface area contributed by atoms with Crippen LogP contribution in [0.15, 0.2) is 52.9 Å². The number of carbonyl (C=O) groups is 1. The van der Waals surface area contributed by atoms with Crippen LogP contribution in [-0.4, -0.2) is 54.7 Å². The Morgan fingerprint density at radius 1 is 1.08 bits per heavy atom. The van der Waals surface area contributed by atoms with E-state index >= 15 is 0 Å². The van der Waals surface area contributed by atoms with Crippen molar-refractivity contribution in [1.82, 2.24) is 13.6 Å². The van der Waals surface area contributed by atoms with E-state index in [1.54, 1.807) is 45.0 Å². The van der Waals surface area contributed by atoms with Crippen LogP contribution in [0.25, 0.3) is 11.5 Å². The molecule has 0 saturated carbocycles. The molecule has 10 heteroatoms. The first-order valence-electron chi connectivity index (χ1n) is 12.0. The molecule has 1 unspecified atom stereocenters. The van der Waals surface area contributed by atoms with Crippen molar-refractivity contribution in [2.75, 3.05) is 20.7 Å². The molecule has 0 aliphatic rings. The summed E-state index contributed by atoms with van der Waals surface area (Å²) < 4.78 is 45.6. The molecule has 0 radical (unpaired) electrons. The third kappa shape index (κ3) is 6.76. The molecule has 3 aromatic rings. The van der Waals surface area contributed by atoms with Crippen molar-refractivity contribution < 1.29 is 27.1 Å². The molecule has 0 amide bonds. The minimum Gasteiger partial charge on any atom is -0.487 e. The van der Waals surface area contributed by atoms with Crippen LogP contribution in [0, 0.1) is 13.8 Å². The first-order valence-corrected chi connectivity index (χ1v) is 13.4. The number of aryl methyl sites for hydroxylation is 2. The van der Waals surface area contributed by atoms with Crippen molar-refractivity contribution in [2.24, 2.45) is 0 Å². The SMILES string of the molecule is COC(=O)CN(C(C)c1cccc(OCc2nc(-c3ccc(C)cc3)oc2C)c1)S(=O)(=O)N(C)C(C)C. The summed E-state index contributed by atoms with van der Waals surface area (Å²) in [5.74, 6) is 1.07. The highest BCUT2D eigenvalue weighted by molar-refractivity contribution is 7.86. The van der Waals surface area contributed by atoms with E-state index in [1.165, 1.54) is 18.5 Å². The van der Waals surface area contributed by atoms with Crippen molar-refractivity contribution in [3.05, 3.63) is 71.1 Å². The van der Waals surface area contributed by atoms with E-state index in [-0.39, 0.29) is 12.6 Å². The van der Waals surface area contributed by atoms with Crippen LogP contribution in [0.1, 0.15) is 49.4 Å². The van der Waals surface area contributed by atoms with Gasteiger partial charge >= 0.3 is 5.97 Å². The van der Waals surface area contributed by atoms with Gasteiger partial charge in [0.05, 0.1) is 7.11 Å². The molecule has 200 valence electrons. The first kappa shape index (κ1) is 28.4. The van der Waals surface area contributed by atoms with Crippen LogP contribution >= 0.6 is 0 Å². The number of ether oxygens (including phenoxy) is 2. The summed E-state index contributed by atoms with van der Waals surface area (Å²) in [5, 5.41) is 0. The molecule has 1 heterocycles. The fourth-order valence-corrected chi connectivity index (χ4v) is 5.26. The van der Waals surface area contributed by atoms with Crippen LogP contribution in [0.2, 0.25) is 0 Å². The summed E-state index contributed by atoms with van der Waals surface area (Å²) >= 11 is 0. The molecule has 0 aliphatic heterocycles. The Morgan fingerprint density at radius 3 is 2.38 bits per heavy atom. The number of aromatic nitrogens is 1. The van der Waals surface area contributed by atoms with Crippen molar-refractivity contribution in [2.45, 2.75) is 53.3 Å². The summed E-state index contributed by atoms with van der Waals surface area (Å²) in [4.78, 5) is 16.7. The molecule has 9 nitrogen and oxygen atoms in total. The van der Waals surface area contributed by atoms with Gasteiger partial charge in [-0.1, -0.05) is 29.8 Å². The number of benzene rings is 2. The van der Waals surface area contributed by atoms with E-state index in [1.807, 2.05) is 38.1 Å². The van der Waals surface area contributed by atoms with Crippen molar-refractivity contribution >= 4 is 16.2 Å².